The second-order valence-electron chi connectivity index (χ2n) is 4.28. The van der Waals surface area contributed by atoms with E-state index in [0.29, 0.717) is 5.15 Å². The maximum Gasteiger partial charge on any atom is 0.129 e. The number of rotatable bonds is 1. The van der Waals surface area contributed by atoms with Crippen molar-refractivity contribution in [3.05, 3.63) is 58.9 Å². The molecule has 0 aliphatic carbocycles. The van der Waals surface area contributed by atoms with Gasteiger partial charge in [0.1, 0.15) is 5.15 Å². The number of fused-ring (bicyclic) bond motifs is 1. The fraction of sp³-hybridized carbons (Fsp3) is 0.214. The number of benzene rings is 1. The minimum Gasteiger partial charge on any atom is -0.367 e. The molecule has 0 saturated heterocycles. The molecule has 0 bridgehead atoms. The molecule has 1 aliphatic rings. The summed E-state index contributed by atoms with van der Waals surface area (Å²) < 4.78 is 0. The molecule has 0 atom stereocenters. The molecular formula is C14H13ClN2. The molecule has 3 rings (SSSR count). The second kappa shape index (κ2) is 4.38. The molecule has 1 aliphatic heterocycles. The van der Waals surface area contributed by atoms with Crippen molar-refractivity contribution in [1.82, 2.24) is 4.98 Å². The molecule has 17 heavy (non-hydrogen) atoms. The van der Waals surface area contributed by atoms with E-state index in [1.165, 1.54) is 16.8 Å². The molecule has 86 valence electrons. The summed E-state index contributed by atoms with van der Waals surface area (Å²) in [6.07, 6.45) is 2.94. The Bertz CT molecular complexity index is 525. The molecule has 2 nitrogen and oxygen atoms in total. The maximum atomic E-state index is 5.94. The van der Waals surface area contributed by atoms with E-state index in [2.05, 4.69) is 34.1 Å². The zero-order chi connectivity index (χ0) is 11.7. The third kappa shape index (κ3) is 2.13. The van der Waals surface area contributed by atoms with Crippen LogP contribution < -0.4 is 4.90 Å². The normalized spacial score (nSPS) is 14.5. The van der Waals surface area contributed by atoms with E-state index < -0.39 is 0 Å². The zero-order valence-corrected chi connectivity index (χ0v) is 10.2. The van der Waals surface area contributed by atoms with Crippen molar-refractivity contribution in [2.24, 2.45) is 0 Å². The van der Waals surface area contributed by atoms with Crippen LogP contribution >= 0.6 is 11.6 Å². The summed E-state index contributed by atoms with van der Waals surface area (Å²) in [7, 11) is 0. The van der Waals surface area contributed by atoms with Crippen molar-refractivity contribution in [3.63, 3.8) is 0 Å². The molecule has 0 unspecified atom stereocenters. The Labute approximate surface area is 106 Å². The number of hydrogen-bond acceptors (Lipinski definition) is 2. The largest absolute Gasteiger partial charge is 0.367 e. The highest BCUT2D eigenvalue weighted by Gasteiger charge is 2.16. The van der Waals surface area contributed by atoms with Crippen LogP contribution in [0.5, 0.6) is 0 Å². The van der Waals surface area contributed by atoms with Crippen molar-refractivity contribution < 1.29 is 0 Å². The third-order valence-corrected chi connectivity index (χ3v) is 3.39. The van der Waals surface area contributed by atoms with Gasteiger partial charge in [0.2, 0.25) is 0 Å². The number of pyridine rings is 1. The first-order valence-electron chi connectivity index (χ1n) is 5.76. The van der Waals surface area contributed by atoms with Crippen LogP contribution in [0.25, 0.3) is 0 Å². The topological polar surface area (TPSA) is 16.1 Å². The molecule has 0 saturated carbocycles. The van der Waals surface area contributed by atoms with E-state index in [0.717, 1.165) is 19.5 Å². The highest BCUT2D eigenvalue weighted by atomic mass is 35.5. The van der Waals surface area contributed by atoms with Crippen molar-refractivity contribution in [2.45, 2.75) is 13.0 Å². The average molecular weight is 245 g/mol. The lowest BCUT2D eigenvalue weighted by Crippen LogP contribution is -2.30. The van der Waals surface area contributed by atoms with Crippen LogP contribution in [0.4, 0.5) is 5.69 Å². The van der Waals surface area contributed by atoms with Gasteiger partial charge in [0.05, 0.1) is 0 Å². The third-order valence-electron chi connectivity index (χ3n) is 3.18. The summed E-state index contributed by atoms with van der Waals surface area (Å²) >= 11 is 5.94. The van der Waals surface area contributed by atoms with Crippen molar-refractivity contribution in [2.75, 3.05) is 11.4 Å². The number of nitrogens with zero attached hydrogens (tertiary/aromatic N) is 2. The molecular weight excluding hydrogens is 232 g/mol. The zero-order valence-electron chi connectivity index (χ0n) is 9.44. The molecule has 0 fully saturated rings. The van der Waals surface area contributed by atoms with Crippen LogP contribution in [0.15, 0.2) is 42.6 Å². The predicted octanol–water partition coefficient (Wildman–Crippen LogP) is 3.30. The fourth-order valence-corrected chi connectivity index (χ4v) is 2.45. The van der Waals surface area contributed by atoms with Crippen molar-refractivity contribution in [1.29, 1.82) is 0 Å². The van der Waals surface area contributed by atoms with Gasteiger partial charge in [-0.2, -0.15) is 0 Å². The Morgan fingerprint density at radius 1 is 1.12 bits per heavy atom. The average Bonchev–Trinajstić information content (AvgIpc) is 2.39. The van der Waals surface area contributed by atoms with Crippen LogP contribution in [-0.2, 0) is 13.0 Å². The van der Waals surface area contributed by atoms with E-state index in [1.807, 2.05) is 18.3 Å². The predicted molar refractivity (Wildman–Crippen MR) is 70.4 cm³/mol. The lowest BCUT2D eigenvalue weighted by Gasteiger charge is -2.30. The van der Waals surface area contributed by atoms with E-state index >= 15 is 0 Å². The minimum atomic E-state index is 0.582. The second-order valence-corrected chi connectivity index (χ2v) is 4.67. The smallest absolute Gasteiger partial charge is 0.129 e. The van der Waals surface area contributed by atoms with E-state index in [1.54, 1.807) is 0 Å². The Morgan fingerprint density at radius 2 is 1.94 bits per heavy atom. The molecule has 0 N–H and O–H groups in total. The van der Waals surface area contributed by atoms with Gasteiger partial charge in [0.25, 0.3) is 0 Å². The first kappa shape index (κ1) is 10.6. The Balaban J connectivity index is 1.90. The quantitative estimate of drug-likeness (QED) is 0.716. The van der Waals surface area contributed by atoms with Gasteiger partial charge in [-0.15, -0.1) is 0 Å². The van der Waals surface area contributed by atoms with Gasteiger partial charge in [0.15, 0.2) is 0 Å². The molecule has 0 spiro atoms. The fourth-order valence-electron chi connectivity index (χ4n) is 2.27. The molecule has 0 amide bonds. The lowest BCUT2D eigenvalue weighted by molar-refractivity contribution is 0.727. The number of hydrogen-bond donors (Lipinski definition) is 0. The monoisotopic (exact) mass is 244 g/mol. The SMILES string of the molecule is Clc1cc2c(cn1)CCN(c1ccccc1)C2. The molecule has 1 aromatic heterocycles. The number of aromatic nitrogens is 1. The van der Waals surface area contributed by atoms with Gasteiger partial charge in [-0.05, 0) is 35.7 Å². The van der Waals surface area contributed by atoms with Gasteiger partial charge in [-0.3, -0.25) is 0 Å². The van der Waals surface area contributed by atoms with Gasteiger partial charge in [0, 0.05) is 25.0 Å². The summed E-state index contributed by atoms with van der Waals surface area (Å²) in [5.74, 6) is 0. The van der Waals surface area contributed by atoms with E-state index in [4.69, 9.17) is 11.6 Å². The van der Waals surface area contributed by atoms with Gasteiger partial charge >= 0.3 is 0 Å². The van der Waals surface area contributed by atoms with Crippen LogP contribution in [0.1, 0.15) is 11.1 Å². The van der Waals surface area contributed by atoms with Crippen LogP contribution in [0.3, 0.4) is 0 Å². The summed E-state index contributed by atoms with van der Waals surface area (Å²) in [6, 6.07) is 12.5. The van der Waals surface area contributed by atoms with Crippen molar-refractivity contribution >= 4 is 17.3 Å². The molecule has 3 heteroatoms. The highest BCUT2D eigenvalue weighted by molar-refractivity contribution is 6.29. The van der Waals surface area contributed by atoms with Gasteiger partial charge < -0.3 is 4.90 Å². The number of halogens is 1. The van der Waals surface area contributed by atoms with Crippen LogP contribution in [0.2, 0.25) is 5.15 Å². The summed E-state index contributed by atoms with van der Waals surface area (Å²) in [6.45, 7) is 1.96. The summed E-state index contributed by atoms with van der Waals surface area (Å²) in [5, 5.41) is 0.582. The summed E-state index contributed by atoms with van der Waals surface area (Å²) in [4.78, 5) is 6.51. The molecule has 2 heterocycles. The van der Waals surface area contributed by atoms with E-state index in [-0.39, 0.29) is 0 Å². The first-order chi connectivity index (χ1) is 8.33. The van der Waals surface area contributed by atoms with Crippen LogP contribution in [0, 0.1) is 0 Å². The van der Waals surface area contributed by atoms with Crippen LogP contribution in [-0.4, -0.2) is 11.5 Å². The maximum absolute atomic E-state index is 5.94. The Hall–Kier alpha value is -1.54. The standard InChI is InChI=1S/C14H13ClN2/c15-14-8-12-10-17(7-6-11(12)9-16-14)13-4-2-1-3-5-13/h1-5,8-9H,6-7,10H2. The Morgan fingerprint density at radius 3 is 2.76 bits per heavy atom. The van der Waals surface area contributed by atoms with Gasteiger partial charge in [-0.25, -0.2) is 4.98 Å². The van der Waals surface area contributed by atoms with Gasteiger partial charge in [-0.1, -0.05) is 29.8 Å². The lowest BCUT2D eigenvalue weighted by atomic mass is 10.0. The number of para-hydroxylation sites is 1. The molecule has 0 radical (unpaired) electrons. The van der Waals surface area contributed by atoms with E-state index in [9.17, 15) is 0 Å². The van der Waals surface area contributed by atoms with Crippen molar-refractivity contribution in [3.8, 4) is 0 Å². The minimum absolute atomic E-state index is 0.582. The first-order valence-corrected chi connectivity index (χ1v) is 6.14. The highest BCUT2D eigenvalue weighted by Crippen LogP contribution is 2.25. The Kier molecular flexibility index (Phi) is 2.73. The molecule has 2 aromatic rings. The summed E-state index contributed by atoms with van der Waals surface area (Å²) in [5.41, 5.74) is 3.88. The molecule has 1 aromatic carbocycles. The number of anilines is 1.